The van der Waals surface area contributed by atoms with Crippen LogP contribution in [0.2, 0.25) is 0 Å². The molecule has 0 aromatic rings. The van der Waals surface area contributed by atoms with E-state index in [-0.39, 0.29) is 39.9 Å². The highest BCUT2D eigenvalue weighted by atomic mass is 16.6. The van der Waals surface area contributed by atoms with Gasteiger partial charge in [-0.2, -0.15) is 0 Å². The standard InChI is InChI=1S/C44H66N2O16/c1-27(2)35(47)55-19-43(20-56-36(48)28(3)4,21-57-37(49)29(5)6)25-61-41(53)45-33(13)17-15-16-18-34(14)46-42(54)62-26-44(22-58-38(50)30(7)8,23-59-39(51)31(9)10)24-60-40(52)32(11)12/h32-34H,1,3,5,7,9,15-26H2,2,4,6,8,10-14H3,(H,45,53)(H,46,54). The quantitative estimate of drug-likeness (QED) is 0.0406. The first-order chi connectivity index (χ1) is 28.7. The van der Waals surface area contributed by atoms with Crippen LogP contribution in [0.5, 0.6) is 0 Å². The summed E-state index contributed by atoms with van der Waals surface area (Å²) in [5.74, 6) is -4.91. The van der Waals surface area contributed by atoms with Gasteiger partial charge in [-0.1, -0.05) is 59.6 Å². The number of carbonyl (C=O) groups excluding carboxylic acids is 8. The fraction of sp³-hybridized carbons (Fsp3) is 0.591. The van der Waals surface area contributed by atoms with Crippen LogP contribution in [0.4, 0.5) is 9.59 Å². The summed E-state index contributed by atoms with van der Waals surface area (Å²) in [6.07, 6.45) is 0.564. The Morgan fingerprint density at radius 2 is 0.629 bits per heavy atom. The molecule has 0 bridgehead atoms. The van der Waals surface area contributed by atoms with Crippen molar-refractivity contribution in [2.45, 2.75) is 100 Å². The van der Waals surface area contributed by atoms with E-state index in [1.807, 2.05) is 0 Å². The third-order valence-corrected chi connectivity index (χ3v) is 8.55. The molecule has 0 aliphatic rings. The summed E-state index contributed by atoms with van der Waals surface area (Å²) in [4.78, 5) is 99.5. The Morgan fingerprint density at radius 1 is 0.403 bits per heavy atom. The Hall–Kier alpha value is -5.94. The van der Waals surface area contributed by atoms with Gasteiger partial charge in [0.15, 0.2) is 0 Å². The maximum atomic E-state index is 12.9. The third kappa shape index (κ3) is 23.2. The van der Waals surface area contributed by atoms with Gasteiger partial charge in [0.2, 0.25) is 0 Å². The lowest BCUT2D eigenvalue weighted by molar-refractivity contribution is -0.165. The molecule has 0 saturated carbocycles. The molecule has 0 spiro atoms. The van der Waals surface area contributed by atoms with Gasteiger partial charge < -0.3 is 48.5 Å². The Bertz CT molecular complexity index is 1580. The molecule has 0 aromatic carbocycles. The lowest BCUT2D eigenvalue weighted by Gasteiger charge is -2.32. The molecule has 0 aliphatic heterocycles. The summed E-state index contributed by atoms with van der Waals surface area (Å²) < 4.78 is 43.0. The largest absolute Gasteiger partial charge is 0.464 e. The summed E-state index contributed by atoms with van der Waals surface area (Å²) in [5.41, 5.74) is -2.57. The SMILES string of the molecule is C=C(C)C(=O)OCC(COC(=O)NC(C)CCCCC(C)NC(=O)OCC(COC(=O)C(=C)C)(COC(=O)C(=C)C)COC(=O)C(C)C)(COC(=O)C(=C)C)COC(=O)C(=C)C. The zero-order valence-electron chi connectivity index (χ0n) is 37.8. The molecule has 0 heterocycles. The average molecular weight is 879 g/mol. The number of amides is 2. The van der Waals surface area contributed by atoms with Crippen molar-refractivity contribution in [3.63, 3.8) is 0 Å². The number of hydrogen-bond donors (Lipinski definition) is 2. The minimum atomic E-state index is -1.51. The van der Waals surface area contributed by atoms with Gasteiger partial charge in [0, 0.05) is 39.9 Å². The molecular formula is C44H66N2O16. The first-order valence-corrected chi connectivity index (χ1v) is 19.9. The molecule has 0 rings (SSSR count). The molecule has 2 unspecified atom stereocenters. The van der Waals surface area contributed by atoms with Gasteiger partial charge in [0.05, 0.1) is 5.92 Å². The van der Waals surface area contributed by atoms with E-state index in [0.717, 1.165) is 0 Å². The number of esters is 6. The van der Waals surface area contributed by atoms with Crippen molar-refractivity contribution in [1.29, 1.82) is 0 Å². The predicted molar refractivity (Wildman–Crippen MR) is 226 cm³/mol. The number of hydrogen-bond acceptors (Lipinski definition) is 16. The summed E-state index contributed by atoms with van der Waals surface area (Å²) in [6.45, 7) is 27.9. The molecule has 0 fully saturated rings. The minimum absolute atomic E-state index is 0.0787. The normalized spacial score (nSPS) is 12.0. The van der Waals surface area contributed by atoms with E-state index in [9.17, 15) is 38.4 Å². The minimum Gasteiger partial charge on any atom is -0.464 e. The van der Waals surface area contributed by atoms with Gasteiger partial charge in [-0.25, -0.2) is 33.6 Å². The molecular weight excluding hydrogens is 812 g/mol. The van der Waals surface area contributed by atoms with Crippen molar-refractivity contribution >= 4 is 48.0 Å². The van der Waals surface area contributed by atoms with Crippen molar-refractivity contribution in [2.75, 3.05) is 52.9 Å². The number of ether oxygens (including phenoxy) is 8. The molecule has 0 saturated heterocycles. The van der Waals surface area contributed by atoms with Crippen molar-refractivity contribution in [3.05, 3.63) is 60.8 Å². The molecule has 2 atom stereocenters. The summed E-state index contributed by atoms with van der Waals surface area (Å²) in [6, 6.07) is -0.763. The summed E-state index contributed by atoms with van der Waals surface area (Å²) in [5, 5.41) is 5.42. The maximum absolute atomic E-state index is 12.9. The van der Waals surface area contributed by atoms with Crippen LogP contribution in [-0.4, -0.2) is 113 Å². The van der Waals surface area contributed by atoms with E-state index in [1.54, 1.807) is 27.7 Å². The van der Waals surface area contributed by atoms with Crippen LogP contribution >= 0.6 is 0 Å². The molecule has 0 aromatic heterocycles. The van der Waals surface area contributed by atoms with Crippen LogP contribution in [0.15, 0.2) is 60.8 Å². The van der Waals surface area contributed by atoms with Crippen LogP contribution in [0.1, 0.15) is 88.0 Å². The zero-order valence-corrected chi connectivity index (χ0v) is 37.8. The zero-order chi connectivity index (χ0) is 47.8. The smallest absolute Gasteiger partial charge is 0.407 e. The van der Waals surface area contributed by atoms with Crippen molar-refractivity contribution in [1.82, 2.24) is 10.6 Å². The second-order valence-corrected chi connectivity index (χ2v) is 16.1. The lowest BCUT2D eigenvalue weighted by atomic mass is 9.92. The van der Waals surface area contributed by atoms with E-state index in [2.05, 4.69) is 43.5 Å². The number of unbranched alkanes of at least 4 members (excludes halogenated alkanes) is 1. The first-order valence-electron chi connectivity index (χ1n) is 19.9. The van der Waals surface area contributed by atoms with E-state index in [1.165, 1.54) is 34.6 Å². The Morgan fingerprint density at radius 3 is 0.855 bits per heavy atom. The Labute approximate surface area is 364 Å². The topological polar surface area (TPSA) is 234 Å². The Kier molecular flexibility index (Phi) is 25.1. The first kappa shape index (κ1) is 56.1. The van der Waals surface area contributed by atoms with Crippen molar-refractivity contribution in [3.8, 4) is 0 Å². The average Bonchev–Trinajstić information content (AvgIpc) is 3.19. The van der Waals surface area contributed by atoms with Crippen molar-refractivity contribution in [2.24, 2.45) is 16.7 Å². The number of nitrogens with one attached hydrogen (secondary N) is 2. The van der Waals surface area contributed by atoms with Crippen LogP contribution in [-0.2, 0) is 66.7 Å². The predicted octanol–water partition coefficient (Wildman–Crippen LogP) is 5.54. The van der Waals surface area contributed by atoms with Crippen LogP contribution in [0.25, 0.3) is 0 Å². The highest BCUT2D eigenvalue weighted by Gasteiger charge is 2.40. The third-order valence-electron chi connectivity index (χ3n) is 8.55. The number of rotatable bonds is 29. The monoisotopic (exact) mass is 878 g/mol. The molecule has 62 heavy (non-hydrogen) atoms. The second kappa shape index (κ2) is 27.8. The van der Waals surface area contributed by atoms with E-state index < -0.39 is 118 Å². The molecule has 2 amide bonds. The highest BCUT2D eigenvalue weighted by molar-refractivity contribution is 5.89. The van der Waals surface area contributed by atoms with Gasteiger partial charge in [0.1, 0.15) is 63.7 Å². The molecule has 2 N–H and O–H groups in total. The number of alkyl carbamates (subject to hydrolysis) is 2. The van der Waals surface area contributed by atoms with Crippen molar-refractivity contribution < 1.29 is 76.3 Å². The molecule has 18 nitrogen and oxygen atoms in total. The molecule has 18 heteroatoms. The number of carbonyl (C=O) groups is 8. The van der Waals surface area contributed by atoms with Crippen LogP contribution in [0, 0.1) is 16.7 Å². The molecule has 0 aliphatic carbocycles. The molecule has 0 radical (unpaired) electrons. The van der Waals surface area contributed by atoms with Crippen LogP contribution < -0.4 is 10.6 Å². The fourth-order valence-corrected chi connectivity index (χ4v) is 4.57. The lowest BCUT2D eigenvalue weighted by Crippen LogP contribution is -2.45. The highest BCUT2D eigenvalue weighted by Crippen LogP contribution is 2.25. The van der Waals surface area contributed by atoms with Gasteiger partial charge >= 0.3 is 48.0 Å². The summed E-state index contributed by atoms with van der Waals surface area (Å²) in [7, 11) is 0. The van der Waals surface area contributed by atoms with Gasteiger partial charge in [0.25, 0.3) is 0 Å². The fourth-order valence-electron chi connectivity index (χ4n) is 4.57. The Balaban J connectivity index is 5.51. The molecule has 348 valence electrons. The van der Waals surface area contributed by atoms with Crippen LogP contribution in [0.3, 0.4) is 0 Å². The maximum Gasteiger partial charge on any atom is 0.407 e. The van der Waals surface area contributed by atoms with E-state index in [0.29, 0.717) is 25.7 Å². The van der Waals surface area contributed by atoms with E-state index >= 15 is 0 Å². The second-order valence-electron chi connectivity index (χ2n) is 16.1. The van der Waals surface area contributed by atoms with E-state index in [4.69, 9.17) is 37.9 Å². The summed E-state index contributed by atoms with van der Waals surface area (Å²) >= 11 is 0. The van der Waals surface area contributed by atoms with Gasteiger partial charge in [-0.3, -0.25) is 4.79 Å². The van der Waals surface area contributed by atoms with Gasteiger partial charge in [-0.05, 0) is 61.3 Å². The van der Waals surface area contributed by atoms with Gasteiger partial charge in [-0.15, -0.1) is 0 Å².